The number of hydrogen-bond donors (Lipinski definition) is 1. The molecule has 0 unspecified atom stereocenters. The summed E-state index contributed by atoms with van der Waals surface area (Å²) in [4.78, 5) is -1.69. The van der Waals surface area contributed by atoms with Crippen LogP contribution in [0, 0.1) is 17.5 Å². The van der Waals surface area contributed by atoms with Crippen molar-refractivity contribution in [2.45, 2.75) is 4.90 Å². The molecule has 0 saturated carbocycles. The molecule has 0 radical (unpaired) electrons. The smallest absolute Gasteiger partial charge is 0.282 e. The van der Waals surface area contributed by atoms with Gasteiger partial charge in [-0.25, -0.2) is 13.2 Å². The Bertz CT molecular complexity index is 728. The second-order valence-electron chi connectivity index (χ2n) is 3.70. The van der Waals surface area contributed by atoms with Crippen LogP contribution in [0.5, 0.6) is 0 Å². The average molecular weight is 288 g/mol. The first-order chi connectivity index (χ1) is 8.82. The minimum absolute atomic E-state index is 0.180. The summed E-state index contributed by atoms with van der Waals surface area (Å²) in [7, 11) is -5.18. The molecule has 0 bridgehead atoms. The Balaban J connectivity index is 2.77. The Hall–Kier alpha value is -1.86. The highest BCUT2D eigenvalue weighted by atomic mass is 32.2. The first kappa shape index (κ1) is 13.6. The maximum atomic E-state index is 13.7. The van der Waals surface area contributed by atoms with Gasteiger partial charge in [-0.3, -0.25) is 4.55 Å². The maximum Gasteiger partial charge on any atom is 0.300 e. The van der Waals surface area contributed by atoms with Gasteiger partial charge >= 0.3 is 10.1 Å². The van der Waals surface area contributed by atoms with Crippen LogP contribution in [0.15, 0.2) is 41.3 Å². The van der Waals surface area contributed by atoms with E-state index in [4.69, 9.17) is 4.55 Å². The molecule has 2 aromatic carbocycles. The normalized spacial score (nSPS) is 11.6. The minimum atomic E-state index is -5.18. The van der Waals surface area contributed by atoms with E-state index in [1.165, 1.54) is 24.3 Å². The molecular formula is C12H7F3O3S. The summed E-state index contributed by atoms with van der Waals surface area (Å²) in [5.74, 6) is -5.04. The summed E-state index contributed by atoms with van der Waals surface area (Å²) in [6.45, 7) is 0. The highest BCUT2D eigenvalue weighted by Gasteiger charge is 2.27. The fraction of sp³-hybridized carbons (Fsp3) is 0. The summed E-state index contributed by atoms with van der Waals surface area (Å²) in [6, 6.07) is 8.02. The van der Waals surface area contributed by atoms with E-state index in [9.17, 15) is 21.6 Å². The van der Waals surface area contributed by atoms with Gasteiger partial charge < -0.3 is 0 Å². The summed E-state index contributed by atoms with van der Waals surface area (Å²) in [5, 5.41) is 0. The van der Waals surface area contributed by atoms with Gasteiger partial charge in [0.05, 0.1) is 0 Å². The van der Waals surface area contributed by atoms with Crippen molar-refractivity contribution in [1.29, 1.82) is 0 Å². The third-order valence-electron chi connectivity index (χ3n) is 2.46. The van der Waals surface area contributed by atoms with Gasteiger partial charge in [-0.05, 0) is 11.6 Å². The van der Waals surface area contributed by atoms with Crippen molar-refractivity contribution >= 4 is 10.1 Å². The standard InChI is InChI=1S/C12H7F3O3S/c13-9-6-8(7-4-2-1-3-5-7)10(14)11(15)12(9)19(16,17)18/h1-6H,(H,16,17,18). The molecule has 0 atom stereocenters. The average Bonchev–Trinajstić information content (AvgIpc) is 2.33. The van der Waals surface area contributed by atoms with E-state index in [2.05, 4.69) is 0 Å². The highest BCUT2D eigenvalue weighted by Crippen LogP contribution is 2.30. The lowest BCUT2D eigenvalue weighted by atomic mass is 10.0. The summed E-state index contributed by atoms with van der Waals surface area (Å²) >= 11 is 0. The Labute approximate surface area is 107 Å². The lowest BCUT2D eigenvalue weighted by molar-refractivity contribution is 0.433. The monoisotopic (exact) mass is 288 g/mol. The van der Waals surface area contributed by atoms with Crippen LogP contribution in [0.2, 0.25) is 0 Å². The molecule has 7 heteroatoms. The van der Waals surface area contributed by atoms with Crippen molar-refractivity contribution in [2.24, 2.45) is 0 Å². The molecule has 1 N–H and O–H groups in total. The van der Waals surface area contributed by atoms with Gasteiger partial charge in [-0.15, -0.1) is 0 Å². The van der Waals surface area contributed by atoms with E-state index in [1.807, 2.05) is 0 Å². The molecule has 0 saturated heterocycles. The molecule has 0 fully saturated rings. The minimum Gasteiger partial charge on any atom is -0.282 e. The van der Waals surface area contributed by atoms with Crippen LogP contribution in [0.1, 0.15) is 0 Å². The molecule has 3 nitrogen and oxygen atoms in total. The molecule has 0 aliphatic rings. The van der Waals surface area contributed by atoms with Crippen molar-refractivity contribution in [3.63, 3.8) is 0 Å². The van der Waals surface area contributed by atoms with Gasteiger partial charge in [0.15, 0.2) is 16.5 Å². The van der Waals surface area contributed by atoms with Crippen molar-refractivity contribution in [1.82, 2.24) is 0 Å². The topological polar surface area (TPSA) is 54.4 Å². The summed E-state index contributed by atoms with van der Waals surface area (Å²) in [5.41, 5.74) is -0.248. The van der Waals surface area contributed by atoms with E-state index in [0.29, 0.717) is 6.07 Å². The molecule has 2 aromatic rings. The number of halogens is 3. The molecule has 0 heterocycles. The molecule has 0 aromatic heterocycles. The Morgan fingerprint density at radius 3 is 2.05 bits per heavy atom. The predicted octanol–water partition coefficient (Wildman–Crippen LogP) is 3.02. The van der Waals surface area contributed by atoms with Gasteiger partial charge in [0.1, 0.15) is 5.82 Å². The van der Waals surface area contributed by atoms with Crippen LogP contribution in [0.3, 0.4) is 0 Å². The van der Waals surface area contributed by atoms with Crippen molar-refractivity contribution in [3.05, 3.63) is 53.8 Å². The zero-order chi connectivity index (χ0) is 14.2. The maximum absolute atomic E-state index is 13.7. The van der Waals surface area contributed by atoms with Crippen molar-refractivity contribution < 1.29 is 26.1 Å². The third-order valence-corrected chi connectivity index (χ3v) is 3.35. The Morgan fingerprint density at radius 2 is 1.53 bits per heavy atom. The lowest BCUT2D eigenvalue weighted by Gasteiger charge is -2.08. The van der Waals surface area contributed by atoms with E-state index >= 15 is 0 Å². The zero-order valence-corrected chi connectivity index (χ0v) is 10.1. The molecule has 2 rings (SSSR count). The quantitative estimate of drug-likeness (QED) is 0.682. The lowest BCUT2D eigenvalue weighted by Crippen LogP contribution is -2.08. The molecule has 19 heavy (non-hydrogen) atoms. The first-order valence-corrected chi connectivity index (χ1v) is 6.47. The van der Waals surface area contributed by atoms with E-state index in [0.717, 1.165) is 0 Å². The van der Waals surface area contributed by atoms with Crippen LogP contribution in [0.4, 0.5) is 13.2 Å². The fourth-order valence-electron chi connectivity index (χ4n) is 1.64. The molecule has 0 aliphatic carbocycles. The highest BCUT2D eigenvalue weighted by molar-refractivity contribution is 7.85. The van der Waals surface area contributed by atoms with Gasteiger partial charge in [0.25, 0.3) is 0 Å². The predicted molar refractivity (Wildman–Crippen MR) is 61.6 cm³/mol. The van der Waals surface area contributed by atoms with Crippen molar-refractivity contribution in [2.75, 3.05) is 0 Å². The van der Waals surface area contributed by atoms with Gasteiger partial charge in [-0.1, -0.05) is 30.3 Å². The molecule has 0 spiro atoms. The summed E-state index contributed by atoms with van der Waals surface area (Å²) < 4.78 is 71.0. The Morgan fingerprint density at radius 1 is 0.947 bits per heavy atom. The molecule has 0 aliphatic heterocycles. The second kappa shape index (κ2) is 4.67. The van der Waals surface area contributed by atoms with Crippen LogP contribution in [-0.4, -0.2) is 13.0 Å². The van der Waals surface area contributed by atoms with E-state index in [1.54, 1.807) is 6.07 Å². The number of hydrogen-bond acceptors (Lipinski definition) is 2. The third kappa shape index (κ3) is 2.47. The molecular weight excluding hydrogens is 281 g/mol. The second-order valence-corrected chi connectivity index (χ2v) is 5.06. The largest absolute Gasteiger partial charge is 0.300 e. The first-order valence-electron chi connectivity index (χ1n) is 5.03. The van der Waals surface area contributed by atoms with Crippen molar-refractivity contribution in [3.8, 4) is 11.1 Å². The molecule has 100 valence electrons. The zero-order valence-electron chi connectivity index (χ0n) is 9.27. The van der Waals surface area contributed by atoms with Gasteiger partial charge in [0.2, 0.25) is 0 Å². The van der Waals surface area contributed by atoms with Crippen LogP contribution in [0.25, 0.3) is 11.1 Å². The van der Waals surface area contributed by atoms with Crippen LogP contribution in [-0.2, 0) is 10.1 Å². The van der Waals surface area contributed by atoms with Crippen LogP contribution >= 0.6 is 0 Å². The van der Waals surface area contributed by atoms with Gasteiger partial charge in [0, 0.05) is 5.56 Å². The fourth-order valence-corrected chi connectivity index (χ4v) is 2.26. The number of rotatable bonds is 2. The SMILES string of the molecule is O=S(=O)(O)c1c(F)cc(-c2ccccc2)c(F)c1F. The number of benzene rings is 2. The Kier molecular flexibility index (Phi) is 3.34. The van der Waals surface area contributed by atoms with Gasteiger partial charge in [-0.2, -0.15) is 8.42 Å². The summed E-state index contributed by atoms with van der Waals surface area (Å²) in [6.07, 6.45) is 0. The van der Waals surface area contributed by atoms with Crippen LogP contribution < -0.4 is 0 Å². The van der Waals surface area contributed by atoms with E-state index in [-0.39, 0.29) is 5.56 Å². The molecule has 0 amide bonds. The van der Waals surface area contributed by atoms with E-state index < -0.39 is 38.0 Å².